The highest BCUT2D eigenvalue weighted by molar-refractivity contribution is 4.67. The number of hydrogen-bond acceptors (Lipinski definition) is 1. The Morgan fingerprint density at radius 2 is 1.60 bits per heavy atom. The van der Waals surface area contributed by atoms with Crippen LogP contribution in [0.15, 0.2) is 0 Å². The van der Waals surface area contributed by atoms with Gasteiger partial charge in [0.25, 0.3) is 0 Å². The van der Waals surface area contributed by atoms with E-state index in [0.717, 1.165) is 5.92 Å². The molecule has 0 saturated heterocycles. The molecule has 0 heterocycles. The average molecular weight is 213 g/mol. The smallest absolute Gasteiger partial charge is 0.00189 e. The van der Waals surface area contributed by atoms with Crippen LogP contribution in [0, 0.1) is 11.3 Å². The molecule has 0 fully saturated rings. The van der Waals surface area contributed by atoms with Gasteiger partial charge >= 0.3 is 0 Å². The molecule has 0 aromatic rings. The first-order valence-electron chi connectivity index (χ1n) is 6.61. The van der Waals surface area contributed by atoms with Crippen molar-refractivity contribution in [3.8, 4) is 0 Å². The fraction of sp³-hybridized carbons (Fsp3) is 1.00. The van der Waals surface area contributed by atoms with Crippen molar-refractivity contribution in [1.82, 2.24) is 4.90 Å². The van der Waals surface area contributed by atoms with Gasteiger partial charge in [0.05, 0.1) is 0 Å². The van der Waals surface area contributed by atoms with Crippen LogP contribution >= 0.6 is 0 Å². The van der Waals surface area contributed by atoms with Gasteiger partial charge < -0.3 is 4.90 Å². The lowest BCUT2D eigenvalue weighted by atomic mass is 9.84. The van der Waals surface area contributed by atoms with Crippen molar-refractivity contribution in [2.45, 2.75) is 60.8 Å². The van der Waals surface area contributed by atoms with Gasteiger partial charge in [-0.3, -0.25) is 0 Å². The lowest BCUT2D eigenvalue weighted by molar-refractivity contribution is 0.260. The molecule has 0 radical (unpaired) electrons. The van der Waals surface area contributed by atoms with Gasteiger partial charge in [0.15, 0.2) is 0 Å². The van der Waals surface area contributed by atoms with Crippen molar-refractivity contribution in [2.24, 2.45) is 11.3 Å². The van der Waals surface area contributed by atoms with Gasteiger partial charge in [0.2, 0.25) is 0 Å². The first-order valence-corrected chi connectivity index (χ1v) is 6.61. The van der Waals surface area contributed by atoms with Gasteiger partial charge in [-0.15, -0.1) is 0 Å². The molecule has 0 spiro atoms. The highest BCUT2D eigenvalue weighted by atomic mass is 15.1. The van der Waals surface area contributed by atoms with Gasteiger partial charge in [0.1, 0.15) is 0 Å². The highest BCUT2D eigenvalue weighted by Crippen LogP contribution is 2.26. The third-order valence-corrected chi connectivity index (χ3v) is 3.03. The van der Waals surface area contributed by atoms with Crippen molar-refractivity contribution in [3.63, 3.8) is 0 Å². The van der Waals surface area contributed by atoms with Crippen LogP contribution in [0.5, 0.6) is 0 Å². The second-order valence-electron chi connectivity index (χ2n) is 6.04. The quantitative estimate of drug-likeness (QED) is 0.613. The Balaban J connectivity index is 3.58. The second kappa shape index (κ2) is 7.27. The topological polar surface area (TPSA) is 3.24 Å². The van der Waals surface area contributed by atoms with Gasteiger partial charge in [-0.2, -0.15) is 0 Å². The van der Waals surface area contributed by atoms with Crippen LogP contribution in [0.1, 0.15) is 60.8 Å². The van der Waals surface area contributed by atoms with E-state index >= 15 is 0 Å². The van der Waals surface area contributed by atoms with E-state index in [0.29, 0.717) is 5.41 Å². The fourth-order valence-corrected chi connectivity index (χ4v) is 2.35. The van der Waals surface area contributed by atoms with Crippen LogP contribution in [-0.4, -0.2) is 24.5 Å². The summed E-state index contributed by atoms with van der Waals surface area (Å²) in [7, 11) is 0. The molecular formula is C14H31N. The minimum absolute atomic E-state index is 0.495. The first-order chi connectivity index (χ1) is 6.89. The predicted molar refractivity (Wildman–Crippen MR) is 70.3 cm³/mol. The third kappa shape index (κ3) is 8.92. The summed E-state index contributed by atoms with van der Waals surface area (Å²) in [4.78, 5) is 2.52. The van der Waals surface area contributed by atoms with E-state index in [9.17, 15) is 0 Å². The average Bonchev–Trinajstić information content (AvgIpc) is 2.09. The Morgan fingerprint density at radius 1 is 1.07 bits per heavy atom. The zero-order chi connectivity index (χ0) is 11.9. The number of nitrogens with zero attached hydrogens (tertiary/aromatic N) is 1. The molecule has 0 N–H and O–H groups in total. The van der Waals surface area contributed by atoms with Crippen molar-refractivity contribution >= 4 is 0 Å². The van der Waals surface area contributed by atoms with E-state index in [1.165, 1.54) is 38.9 Å². The van der Waals surface area contributed by atoms with Crippen molar-refractivity contribution < 1.29 is 0 Å². The molecule has 0 rings (SSSR count). The molecule has 1 heteroatoms. The lowest BCUT2D eigenvalue weighted by Crippen LogP contribution is -2.24. The number of rotatable bonds is 7. The molecule has 1 unspecified atom stereocenters. The summed E-state index contributed by atoms with van der Waals surface area (Å²) in [5.41, 5.74) is 0.495. The molecule has 0 aliphatic carbocycles. The maximum Gasteiger partial charge on any atom is -0.00189 e. The van der Waals surface area contributed by atoms with Crippen LogP contribution < -0.4 is 0 Å². The predicted octanol–water partition coefficient (Wildman–Crippen LogP) is 4.18. The molecule has 15 heavy (non-hydrogen) atoms. The maximum absolute atomic E-state index is 2.52. The monoisotopic (exact) mass is 213 g/mol. The van der Waals surface area contributed by atoms with Crippen molar-refractivity contribution in [2.75, 3.05) is 19.6 Å². The molecule has 0 bridgehead atoms. The summed E-state index contributed by atoms with van der Waals surface area (Å²) >= 11 is 0. The lowest BCUT2D eigenvalue weighted by Gasteiger charge is -2.24. The number of hydrogen-bond donors (Lipinski definition) is 0. The van der Waals surface area contributed by atoms with Crippen LogP contribution in [0.25, 0.3) is 0 Å². The SMILES string of the molecule is CCN(CC)CCCC(C)CC(C)(C)C. The summed E-state index contributed by atoms with van der Waals surface area (Å²) in [6.45, 7) is 17.6. The van der Waals surface area contributed by atoms with E-state index in [1.54, 1.807) is 0 Å². The molecule has 0 amide bonds. The molecule has 1 atom stereocenters. The van der Waals surface area contributed by atoms with Crippen LogP contribution in [0.2, 0.25) is 0 Å². The zero-order valence-corrected chi connectivity index (χ0v) is 11.8. The van der Waals surface area contributed by atoms with Crippen molar-refractivity contribution in [1.29, 1.82) is 0 Å². The molecule has 0 aromatic heterocycles. The summed E-state index contributed by atoms with van der Waals surface area (Å²) in [5, 5.41) is 0. The Morgan fingerprint density at radius 3 is 2.00 bits per heavy atom. The molecule has 1 nitrogen and oxygen atoms in total. The van der Waals surface area contributed by atoms with Crippen LogP contribution in [0.3, 0.4) is 0 Å². The molecule has 0 aliphatic heterocycles. The molecule has 0 saturated carbocycles. The summed E-state index contributed by atoms with van der Waals surface area (Å²) in [5.74, 6) is 0.876. The Hall–Kier alpha value is -0.0400. The molecule has 92 valence electrons. The third-order valence-electron chi connectivity index (χ3n) is 3.03. The molecule has 0 aromatic carbocycles. The van der Waals surface area contributed by atoms with E-state index in [-0.39, 0.29) is 0 Å². The Kier molecular flexibility index (Phi) is 7.25. The largest absolute Gasteiger partial charge is 0.304 e. The molecular weight excluding hydrogens is 182 g/mol. The summed E-state index contributed by atoms with van der Waals surface area (Å²) < 4.78 is 0. The van der Waals surface area contributed by atoms with E-state index < -0.39 is 0 Å². The van der Waals surface area contributed by atoms with Crippen molar-refractivity contribution in [3.05, 3.63) is 0 Å². The van der Waals surface area contributed by atoms with Gasteiger partial charge in [-0.1, -0.05) is 41.5 Å². The standard InChI is InChI=1S/C14H31N/c1-7-15(8-2)11-9-10-13(3)12-14(4,5)6/h13H,7-12H2,1-6H3. The van der Waals surface area contributed by atoms with Gasteiger partial charge in [-0.25, -0.2) is 0 Å². The Bertz CT molecular complexity index is 142. The van der Waals surface area contributed by atoms with E-state index in [4.69, 9.17) is 0 Å². The van der Waals surface area contributed by atoms with Gasteiger partial charge in [0, 0.05) is 0 Å². The second-order valence-corrected chi connectivity index (χ2v) is 6.04. The normalized spacial score (nSPS) is 14.6. The van der Waals surface area contributed by atoms with E-state index in [2.05, 4.69) is 46.4 Å². The zero-order valence-electron chi connectivity index (χ0n) is 11.8. The summed E-state index contributed by atoms with van der Waals surface area (Å²) in [6, 6.07) is 0. The van der Waals surface area contributed by atoms with Crippen LogP contribution in [-0.2, 0) is 0 Å². The Labute approximate surface area is 97.2 Å². The minimum atomic E-state index is 0.495. The minimum Gasteiger partial charge on any atom is -0.304 e. The van der Waals surface area contributed by atoms with E-state index in [1.807, 2.05) is 0 Å². The van der Waals surface area contributed by atoms with Gasteiger partial charge in [-0.05, 0) is 50.2 Å². The fourth-order valence-electron chi connectivity index (χ4n) is 2.35. The summed E-state index contributed by atoms with van der Waals surface area (Å²) in [6.07, 6.45) is 4.10. The molecule has 0 aliphatic rings. The first kappa shape index (κ1) is 15.0. The van der Waals surface area contributed by atoms with Crippen LogP contribution in [0.4, 0.5) is 0 Å². The highest BCUT2D eigenvalue weighted by Gasteiger charge is 2.14. The maximum atomic E-state index is 2.52.